The van der Waals surface area contributed by atoms with Gasteiger partial charge in [-0.15, -0.1) is 0 Å². The third kappa shape index (κ3) is 4.65. The van der Waals surface area contributed by atoms with E-state index in [1.165, 1.54) is 26.2 Å². The van der Waals surface area contributed by atoms with Crippen molar-refractivity contribution in [2.45, 2.75) is 12.1 Å². The van der Waals surface area contributed by atoms with Crippen LogP contribution in [0.15, 0.2) is 134 Å². The van der Waals surface area contributed by atoms with Gasteiger partial charge in [0.25, 0.3) is 0 Å². The van der Waals surface area contributed by atoms with Crippen LogP contribution in [0.1, 0.15) is 34.3 Å². The summed E-state index contributed by atoms with van der Waals surface area (Å²) >= 11 is 3.40. The molecule has 0 N–H and O–H groups in total. The molecule has 5 aromatic rings. The van der Waals surface area contributed by atoms with E-state index in [2.05, 4.69) is 156 Å². The van der Waals surface area contributed by atoms with Gasteiger partial charge in [0.2, 0.25) is 0 Å². The first-order valence-electron chi connectivity index (χ1n) is 10.9. The van der Waals surface area contributed by atoms with Crippen molar-refractivity contribution in [3.05, 3.63) is 160 Å². The second-order valence-corrected chi connectivity index (χ2v) is 11.6. The third-order valence-corrected chi connectivity index (χ3v) is 9.44. The molecule has 0 aliphatic heterocycles. The average molecular weight is 673 g/mol. The van der Waals surface area contributed by atoms with Crippen molar-refractivity contribution in [3.63, 3.8) is 0 Å². The summed E-state index contributed by atoms with van der Waals surface area (Å²) in [5, 5.41) is 0. The zero-order chi connectivity index (χ0) is 22.5. The Morgan fingerprint density at radius 3 is 0.970 bits per heavy atom. The molecule has 0 atom stereocenters. The number of benzene rings is 4. The van der Waals surface area contributed by atoms with Crippen molar-refractivity contribution in [1.29, 1.82) is 0 Å². The number of halogens is 1. The van der Waals surface area contributed by atoms with E-state index in [-0.39, 0.29) is 12.1 Å². The van der Waals surface area contributed by atoms with Crippen LogP contribution in [0.25, 0.3) is 0 Å². The molecule has 4 aromatic carbocycles. The Bertz CT molecular complexity index is 1180. The SMILES string of the molecule is [Br][Ir]=[c]1n(C(c2ccccc2)c2ccccc2)ccn1C(c1ccccc1)c1ccccc1. The van der Waals surface area contributed by atoms with E-state index >= 15 is 0 Å². The predicted octanol–water partition coefficient (Wildman–Crippen LogP) is 7.49. The fourth-order valence-electron chi connectivity index (χ4n) is 4.40. The fourth-order valence-corrected chi connectivity index (χ4v) is 8.08. The topological polar surface area (TPSA) is 9.86 Å². The normalized spacial score (nSPS) is 11.4. The number of imidazole rings is 1. The van der Waals surface area contributed by atoms with Crippen LogP contribution in [0.5, 0.6) is 0 Å². The van der Waals surface area contributed by atoms with Gasteiger partial charge in [-0.1, -0.05) is 0 Å². The maximum absolute atomic E-state index is 3.95. The minimum atomic E-state index is -0.548. The molecular formula is C29H24BrIrN2. The summed E-state index contributed by atoms with van der Waals surface area (Å²) < 4.78 is 6.25. The van der Waals surface area contributed by atoms with Gasteiger partial charge in [-0.2, -0.15) is 0 Å². The zero-order valence-corrected chi connectivity index (χ0v) is 21.9. The first kappa shape index (κ1) is 22.0. The van der Waals surface area contributed by atoms with Gasteiger partial charge < -0.3 is 0 Å². The second-order valence-electron chi connectivity index (χ2n) is 7.87. The first-order chi connectivity index (χ1) is 16.4. The number of rotatable bonds is 6. The van der Waals surface area contributed by atoms with E-state index in [1.54, 1.807) is 0 Å². The van der Waals surface area contributed by atoms with E-state index in [9.17, 15) is 0 Å². The van der Waals surface area contributed by atoms with Crippen LogP contribution < -0.4 is 0 Å². The molecule has 33 heavy (non-hydrogen) atoms. The number of aromatic nitrogens is 2. The van der Waals surface area contributed by atoms with Crippen LogP contribution in [-0.4, -0.2) is 9.13 Å². The van der Waals surface area contributed by atoms with Gasteiger partial charge in [-0.05, 0) is 0 Å². The molecule has 1 heterocycles. The summed E-state index contributed by atoms with van der Waals surface area (Å²) in [6.07, 6.45) is 4.51. The Labute approximate surface area is 208 Å². The van der Waals surface area contributed by atoms with Crippen molar-refractivity contribution < 1.29 is 15.2 Å². The maximum atomic E-state index is 3.95. The van der Waals surface area contributed by atoms with Crippen LogP contribution in [0.2, 0.25) is 0 Å². The van der Waals surface area contributed by atoms with Gasteiger partial charge in [0.1, 0.15) is 0 Å². The monoisotopic (exact) mass is 672 g/mol. The fraction of sp³-hybridized carbons (Fsp3) is 0.0690. The van der Waals surface area contributed by atoms with Crippen LogP contribution in [0.4, 0.5) is 0 Å². The summed E-state index contributed by atoms with van der Waals surface area (Å²) in [6.45, 7) is 0. The molecule has 0 aliphatic rings. The van der Waals surface area contributed by atoms with Crippen molar-refractivity contribution in [2.24, 2.45) is 0 Å². The van der Waals surface area contributed by atoms with Crippen molar-refractivity contribution in [1.82, 2.24) is 9.13 Å². The summed E-state index contributed by atoms with van der Waals surface area (Å²) in [7, 11) is 0. The molecular weight excluding hydrogens is 648 g/mol. The molecule has 0 saturated carbocycles. The molecule has 0 unspecified atom stereocenters. The standard InChI is InChI=1S/C29H24N2.BrH.Ir/c1-5-13-24(14-6-1)28(25-15-7-2-8-16-25)30-21-22-31(23-30)29(26-17-9-3-10-18-26)27-19-11-4-12-20-27;;/h1-22,28-29H;1H;/q;;+1/p-1. The quantitative estimate of drug-likeness (QED) is 0.177. The van der Waals surface area contributed by atoms with E-state index in [4.69, 9.17) is 0 Å². The summed E-state index contributed by atoms with van der Waals surface area (Å²) in [4.78, 5) is 0. The molecule has 0 bridgehead atoms. The van der Waals surface area contributed by atoms with Gasteiger partial charge in [-0.3, -0.25) is 0 Å². The van der Waals surface area contributed by atoms with Crippen molar-refractivity contribution in [2.75, 3.05) is 0 Å². The summed E-state index contributed by atoms with van der Waals surface area (Å²) in [5.74, 6) is 0. The average Bonchev–Trinajstić information content (AvgIpc) is 3.30. The Kier molecular flexibility index (Phi) is 6.97. The molecule has 4 heteroatoms. The molecule has 166 valence electrons. The molecule has 0 amide bonds. The molecule has 1 aromatic heterocycles. The molecule has 0 spiro atoms. The van der Waals surface area contributed by atoms with Crippen molar-refractivity contribution >= 4 is 13.5 Å². The second kappa shape index (κ2) is 10.4. The van der Waals surface area contributed by atoms with E-state index in [0.29, 0.717) is 0 Å². The third-order valence-electron chi connectivity index (χ3n) is 5.86. The summed E-state index contributed by atoms with van der Waals surface area (Å²) in [6, 6.07) is 43.4. The molecule has 5 rings (SSSR count). The zero-order valence-electron chi connectivity index (χ0n) is 18.0. The van der Waals surface area contributed by atoms with Gasteiger partial charge in [0, 0.05) is 0 Å². The van der Waals surface area contributed by atoms with Gasteiger partial charge in [-0.25, -0.2) is 0 Å². The van der Waals surface area contributed by atoms with Crippen LogP contribution in [0, 0.1) is 3.93 Å². The van der Waals surface area contributed by atoms with E-state index in [0.717, 1.165) is 0 Å². The number of nitrogens with zero attached hydrogens (tertiary/aromatic N) is 2. The molecule has 0 radical (unpaired) electrons. The Morgan fingerprint density at radius 2 is 0.727 bits per heavy atom. The molecule has 0 aliphatic carbocycles. The Balaban J connectivity index is 1.72. The molecule has 0 saturated heterocycles. The van der Waals surface area contributed by atoms with Crippen molar-refractivity contribution in [3.8, 4) is 0 Å². The minimum absolute atomic E-state index is 0.122. The Hall–Kier alpha value is -2.78. The first-order valence-corrected chi connectivity index (χ1v) is 17.3. The molecule has 0 fully saturated rings. The molecule has 2 nitrogen and oxygen atoms in total. The predicted molar refractivity (Wildman–Crippen MR) is 135 cm³/mol. The van der Waals surface area contributed by atoms with Gasteiger partial charge in [0.15, 0.2) is 0 Å². The Morgan fingerprint density at radius 1 is 0.455 bits per heavy atom. The van der Waals surface area contributed by atoms with E-state index < -0.39 is 15.2 Å². The van der Waals surface area contributed by atoms with Crippen LogP contribution in [-0.2, 0) is 15.2 Å². The van der Waals surface area contributed by atoms with Crippen LogP contribution in [0.3, 0.4) is 0 Å². The van der Waals surface area contributed by atoms with Gasteiger partial charge in [0.05, 0.1) is 0 Å². The van der Waals surface area contributed by atoms with Crippen LogP contribution >= 0.6 is 13.5 Å². The number of hydrogen-bond acceptors (Lipinski definition) is 0. The summed E-state index contributed by atoms with van der Waals surface area (Å²) in [5.41, 5.74) is 5.15. The number of hydrogen-bond donors (Lipinski definition) is 0. The van der Waals surface area contributed by atoms with E-state index in [1.807, 2.05) is 0 Å². The van der Waals surface area contributed by atoms with Gasteiger partial charge >= 0.3 is 210 Å².